The van der Waals surface area contributed by atoms with Crippen LogP contribution in [0.5, 0.6) is 0 Å². The molecule has 0 bridgehead atoms. The van der Waals surface area contributed by atoms with E-state index in [-0.39, 0.29) is 0 Å². The Labute approximate surface area is 94.2 Å². The van der Waals surface area contributed by atoms with Crippen LogP contribution in [0.2, 0.25) is 0 Å². The van der Waals surface area contributed by atoms with Gasteiger partial charge in [0, 0.05) is 20.2 Å². The second kappa shape index (κ2) is 8.08. The van der Waals surface area contributed by atoms with Crippen LogP contribution >= 0.6 is 0 Å². The van der Waals surface area contributed by atoms with Crippen molar-refractivity contribution in [2.24, 2.45) is 0 Å². The van der Waals surface area contributed by atoms with Crippen molar-refractivity contribution in [1.82, 2.24) is 10.2 Å². The number of likely N-dealkylation sites (tertiary alicyclic amines) is 1. The first-order valence-corrected chi connectivity index (χ1v) is 6.32. The molecule has 1 rings (SSSR count). The molecule has 1 atom stereocenters. The highest BCUT2D eigenvalue weighted by atomic mass is 16.5. The van der Waals surface area contributed by atoms with E-state index >= 15 is 0 Å². The predicted molar refractivity (Wildman–Crippen MR) is 64.2 cm³/mol. The minimum absolute atomic E-state index is 0.489. The second-order valence-electron chi connectivity index (χ2n) is 4.40. The highest BCUT2D eigenvalue weighted by molar-refractivity contribution is 4.75. The molecule has 1 saturated heterocycles. The molecule has 3 heteroatoms. The Kier molecular flexibility index (Phi) is 6.98. The van der Waals surface area contributed by atoms with Crippen molar-refractivity contribution in [1.29, 1.82) is 0 Å². The Morgan fingerprint density at radius 2 is 2.20 bits per heavy atom. The van der Waals surface area contributed by atoms with E-state index in [0.29, 0.717) is 6.10 Å². The van der Waals surface area contributed by atoms with Crippen molar-refractivity contribution in [3.8, 4) is 0 Å². The lowest BCUT2D eigenvalue weighted by molar-refractivity contribution is 0.108. The number of methoxy groups -OCH3 is 1. The average Bonchev–Trinajstić information content (AvgIpc) is 2.71. The Morgan fingerprint density at radius 3 is 2.87 bits per heavy atom. The third-order valence-corrected chi connectivity index (χ3v) is 3.07. The highest BCUT2D eigenvalue weighted by Gasteiger charge is 2.20. The maximum atomic E-state index is 5.35. The van der Waals surface area contributed by atoms with E-state index in [1.165, 1.54) is 45.3 Å². The molecule has 1 N–H and O–H groups in total. The van der Waals surface area contributed by atoms with E-state index in [1.54, 1.807) is 0 Å². The summed E-state index contributed by atoms with van der Waals surface area (Å²) in [5.41, 5.74) is 0. The van der Waals surface area contributed by atoms with E-state index in [9.17, 15) is 0 Å². The highest BCUT2D eigenvalue weighted by Crippen LogP contribution is 2.11. The Balaban J connectivity index is 1.88. The van der Waals surface area contributed by atoms with Crippen molar-refractivity contribution in [2.45, 2.75) is 38.7 Å². The molecule has 0 aromatic carbocycles. The maximum absolute atomic E-state index is 5.35. The Morgan fingerprint density at radius 1 is 1.33 bits per heavy atom. The van der Waals surface area contributed by atoms with Crippen LogP contribution in [-0.2, 0) is 4.74 Å². The zero-order valence-corrected chi connectivity index (χ0v) is 10.3. The lowest BCUT2D eigenvalue weighted by Gasteiger charge is -2.15. The molecular weight excluding hydrogens is 188 g/mol. The van der Waals surface area contributed by atoms with Crippen LogP contribution in [0.15, 0.2) is 0 Å². The fourth-order valence-electron chi connectivity index (χ4n) is 2.08. The van der Waals surface area contributed by atoms with Crippen molar-refractivity contribution >= 4 is 0 Å². The first-order chi connectivity index (χ1) is 7.36. The number of unbranched alkanes of at least 4 members (excludes halogenated alkanes) is 1. The summed E-state index contributed by atoms with van der Waals surface area (Å²) in [6, 6.07) is 0. The minimum atomic E-state index is 0.489. The van der Waals surface area contributed by atoms with Crippen LogP contribution in [0.1, 0.15) is 32.6 Å². The lowest BCUT2D eigenvalue weighted by Crippen LogP contribution is -2.25. The summed E-state index contributed by atoms with van der Waals surface area (Å²) in [5, 5.41) is 3.44. The topological polar surface area (TPSA) is 24.5 Å². The molecule has 1 unspecified atom stereocenters. The zero-order chi connectivity index (χ0) is 10.9. The van der Waals surface area contributed by atoms with Crippen LogP contribution in [-0.4, -0.2) is 50.8 Å². The summed E-state index contributed by atoms with van der Waals surface area (Å²) in [5.74, 6) is 0. The quantitative estimate of drug-likeness (QED) is 0.620. The van der Waals surface area contributed by atoms with Crippen LogP contribution in [0.4, 0.5) is 0 Å². The van der Waals surface area contributed by atoms with Crippen molar-refractivity contribution in [3.05, 3.63) is 0 Å². The van der Waals surface area contributed by atoms with Crippen molar-refractivity contribution in [3.63, 3.8) is 0 Å². The zero-order valence-electron chi connectivity index (χ0n) is 10.3. The van der Waals surface area contributed by atoms with Gasteiger partial charge in [-0.3, -0.25) is 0 Å². The van der Waals surface area contributed by atoms with Gasteiger partial charge >= 0.3 is 0 Å². The maximum Gasteiger partial charge on any atom is 0.0710 e. The fraction of sp³-hybridized carbons (Fsp3) is 1.00. The molecule has 15 heavy (non-hydrogen) atoms. The van der Waals surface area contributed by atoms with Crippen molar-refractivity contribution in [2.75, 3.05) is 39.8 Å². The summed E-state index contributed by atoms with van der Waals surface area (Å²) >= 11 is 0. The predicted octanol–water partition coefficient (Wildman–Crippen LogP) is 1.49. The van der Waals surface area contributed by atoms with Crippen LogP contribution < -0.4 is 5.32 Å². The van der Waals surface area contributed by atoms with E-state index in [0.717, 1.165) is 13.1 Å². The monoisotopic (exact) mass is 214 g/mol. The summed E-state index contributed by atoms with van der Waals surface area (Å²) in [6.07, 6.45) is 5.55. The summed E-state index contributed by atoms with van der Waals surface area (Å²) < 4.78 is 5.35. The molecule has 0 aromatic heterocycles. The third kappa shape index (κ3) is 5.50. The van der Waals surface area contributed by atoms with Gasteiger partial charge in [-0.15, -0.1) is 0 Å². The molecule has 1 fully saturated rings. The molecule has 0 aliphatic carbocycles. The molecule has 0 radical (unpaired) electrons. The molecule has 1 aliphatic heterocycles. The molecule has 1 aliphatic rings. The van der Waals surface area contributed by atoms with Crippen molar-refractivity contribution < 1.29 is 4.74 Å². The van der Waals surface area contributed by atoms with E-state index in [2.05, 4.69) is 17.1 Å². The van der Waals surface area contributed by atoms with Gasteiger partial charge in [-0.2, -0.15) is 0 Å². The molecule has 3 nitrogen and oxygen atoms in total. The van der Waals surface area contributed by atoms with Gasteiger partial charge in [-0.25, -0.2) is 0 Å². The normalized spacial score (nSPS) is 22.4. The van der Waals surface area contributed by atoms with Gasteiger partial charge in [0.2, 0.25) is 0 Å². The SMILES string of the molecule is CCCNCCCCN1CCC(OC)C1. The Hall–Kier alpha value is -0.120. The van der Waals surface area contributed by atoms with Crippen LogP contribution in [0, 0.1) is 0 Å². The van der Waals surface area contributed by atoms with E-state index < -0.39 is 0 Å². The van der Waals surface area contributed by atoms with Crippen LogP contribution in [0.3, 0.4) is 0 Å². The molecule has 1 heterocycles. The molecule has 90 valence electrons. The van der Waals surface area contributed by atoms with Crippen LogP contribution in [0.25, 0.3) is 0 Å². The largest absolute Gasteiger partial charge is 0.380 e. The minimum Gasteiger partial charge on any atom is -0.380 e. The fourth-order valence-corrected chi connectivity index (χ4v) is 2.08. The Bertz CT molecular complexity index is 153. The van der Waals surface area contributed by atoms with Gasteiger partial charge in [0.15, 0.2) is 0 Å². The van der Waals surface area contributed by atoms with Gasteiger partial charge in [0.25, 0.3) is 0 Å². The third-order valence-electron chi connectivity index (χ3n) is 3.07. The average molecular weight is 214 g/mol. The molecule has 0 amide bonds. The molecular formula is C12H26N2O. The molecule has 0 spiro atoms. The summed E-state index contributed by atoms with van der Waals surface area (Å²) in [6.45, 7) is 8.15. The number of nitrogens with zero attached hydrogens (tertiary/aromatic N) is 1. The van der Waals surface area contributed by atoms with Gasteiger partial charge in [-0.05, 0) is 45.3 Å². The second-order valence-corrected chi connectivity index (χ2v) is 4.40. The smallest absolute Gasteiger partial charge is 0.0710 e. The standard InChI is InChI=1S/C12H26N2O/c1-3-7-13-8-4-5-9-14-10-6-12(11-14)15-2/h12-13H,3-11H2,1-2H3. The van der Waals surface area contributed by atoms with Gasteiger partial charge < -0.3 is 15.0 Å². The first-order valence-electron chi connectivity index (χ1n) is 6.32. The van der Waals surface area contributed by atoms with E-state index in [4.69, 9.17) is 4.74 Å². The van der Waals surface area contributed by atoms with Gasteiger partial charge in [-0.1, -0.05) is 6.92 Å². The lowest BCUT2D eigenvalue weighted by atomic mass is 10.3. The summed E-state index contributed by atoms with van der Waals surface area (Å²) in [4.78, 5) is 2.52. The van der Waals surface area contributed by atoms with Gasteiger partial charge in [0.05, 0.1) is 6.10 Å². The number of nitrogens with one attached hydrogen (secondary N) is 1. The summed E-state index contributed by atoms with van der Waals surface area (Å²) in [7, 11) is 1.82. The molecule has 0 saturated carbocycles. The number of hydrogen-bond acceptors (Lipinski definition) is 3. The number of rotatable bonds is 8. The molecule has 0 aromatic rings. The van der Waals surface area contributed by atoms with Gasteiger partial charge in [0.1, 0.15) is 0 Å². The van der Waals surface area contributed by atoms with E-state index in [1.807, 2.05) is 7.11 Å². The number of hydrogen-bond donors (Lipinski definition) is 1. The first kappa shape index (κ1) is 12.9. The number of ether oxygens (including phenoxy) is 1.